The third kappa shape index (κ3) is 12.5. The number of ether oxygens (including phenoxy) is 1. The Labute approximate surface area is 408 Å². The average Bonchev–Trinajstić information content (AvgIpc) is 3.62. The number of likely N-dealkylation sites (tertiary alicyclic amines) is 2. The summed E-state index contributed by atoms with van der Waals surface area (Å²) in [7, 11) is 0. The summed E-state index contributed by atoms with van der Waals surface area (Å²) in [5, 5.41) is 9.08. The maximum absolute atomic E-state index is 13.6. The van der Waals surface area contributed by atoms with E-state index in [2.05, 4.69) is 62.4 Å². The lowest BCUT2D eigenvalue weighted by molar-refractivity contribution is -0.136. The lowest BCUT2D eigenvalue weighted by atomic mass is 9.94. The third-order valence-corrected chi connectivity index (χ3v) is 14.9. The van der Waals surface area contributed by atoms with Crippen molar-refractivity contribution in [2.24, 2.45) is 11.8 Å². The zero-order chi connectivity index (χ0) is 48.4. The normalized spacial score (nSPS) is 20.7. The van der Waals surface area contributed by atoms with E-state index in [1.807, 2.05) is 37.3 Å². The van der Waals surface area contributed by atoms with E-state index in [1.165, 1.54) is 32.1 Å². The molecule has 3 atom stereocenters. The SMILES string of the molecule is CCCCC(C)CN(CC)c1cc(C(C)NC(=O)c2ccc(N3CCOCC3)cc2)nc(CCCN2CCC(CN3CCC(Nc4cccc5c4C(=O)N(C4CCC(=O)NC4=O)C5=O)CC3)CC2)n1. The Morgan fingerprint density at radius 2 is 1.61 bits per heavy atom. The Kier molecular flexibility index (Phi) is 17.0. The minimum absolute atomic E-state index is 0.0920. The number of aryl methyl sites for hydroxylation is 1. The van der Waals surface area contributed by atoms with Crippen LogP contribution in [0.15, 0.2) is 48.5 Å². The van der Waals surface area contributed by atoms with Gasteiger partial charge in [0.2, 0.25) is 11.8 Å². The molecule has 16 heteroatoms. The maximum Gasteiger partial charge on any atom is 0.264 e. The molecule has 4 fully saturated rings. The van der Waals surface area contributed by atoms with Crippen LogP contribution in [0.1, 0.15) is 141 Å². The highest BCUT2D eigenvalue weighted by Crippen LogP contribution is 2.34. The second kappa shape index (κ2) is 23.4. The van der Waals surface area contributed by atoms with Crippen LogP contribution in [-0.2, 0) is 20.7 Å². The van der Waals surface area contributed by atoms with Crippen molar-refractivity contribution in [3.8, 4) is 0 Å². The van der Waals surface area contributed by atoms with Gasteiger partial charge in [0.15, 0.2) is 0 Å². The molecule has 5 aliphatic heterocycles. The van der Waals surface area contributed by atoms with E-state index in [1.54, 1.807) is 12.1 Å². The van der Waals surface area contributed by atoms with Gasteiger partial charge in [-0.1, -0.05) is 32.8 Å². The van der Waals surface area contributed by atoms with Crippen LogP contribution in [-0.4, -0.2) is 145 Å². The van der Waals surface area contributed by atoms with E-state index in [-0.39, 0.29) is 36.7 Å². The van der Waals surface area contributed by atoms with Crippen molar-refractivity contribution >= 4 is 46.7 Å². The van der Waals surface area contributed by atoms with E-state index in [9.17, 15) is 24.0 Å². The number of benzene rings is 2. The number of carbonyl (C=O) groups is 5. The van der Waals surface area contributed by atoms with Crippen molar-refractivity contribution < 1.29 is 28.7 Å². The van der Waals surface area contributed by atoms with Crippen LogP contribution in [0.2, 0.25) is 0 Å². The number of fused-ring (bicyclic) bond motifs is 1. The number of carbonyl (C=O) groups excluding carboxylic acids is 5. The van der Waals surface area contributed by atoms with Gasteiger partial charge in [0.1, 0.15) is 17.7 Å². The summed E-state index contributed by atoms with van der Waals surface area (Å²) in [5.41, 5.74) is 3.81. The third-order valence-electron chi connectivity index (χ3n) is 14.9. The zero-order valence-electron chi connectivity index (χ0n) is 41.3. The molecule has 1 aromatic heterocycles. The van der Waals surface area contributed by atoms with E-state index >= 15 is 0 Å². The van der Waals surface area contributed by atoms with Gasteiger partial charge in [0.05, 0.1) is 36.1 Å². The molecule has 2 aromatic carbocycles. The molecule has 8 rings (SSSR count). The first-order valence-corrected chi connectivity index (χ1v) is 25.9. The minimum atomic E-state index is -0.982. The molecular weight excluding hydrogens is 873 g/mol. The summed E-state index contributed by atoms with van der Waals surface area (Å²) >= 11 is 0. The monoisotopic (exact) mass is 947 g/mol. The first-order valence-electron chi connectivity index (χ1n) is 25.9. The van der Waals surface area contributed by atoms with Gasteiger partial charge in [-0.2, -0.15) is 0 Å². The van der Waals surface area contributed by atoms with Crippen molar-refractivity contribution in [3.63, 3.8) is 0 Å². The second-order valence-electron chi connectivity index (χ2n) is 20.0. The molecule has 69 heavy (non-hydrogen) atoms. The molecule has 0 radical (unpaired) electrons. The van der Waals surface area contributed by atoms with Crippen molar-refractivity contribution in [3.05, 3.63) is 76.7 Å². The highest BCUT2D eigenvalue weighted by Gasteiger charge is 2.46. The van der Waals surface area contributed by atoms with Crippen LogP contribution in [0, 0.1) is 11.8 Å². The quantitative estimate of drug-likeness (QED) is 0.112. The zero-order valence-corrected chi connectivity index (χ0v) is 41.3. The molecule has 16 nitrogen and oxygen atoms in total. The van der Waals surface area contributed by atoms with Gasteiger partial charge in [-0.3, -0.25) is 34.2 Å². The molecule has 0 saturated carbocycles. The number of imide groups is 2. The molecule has 3 N–H and O–H groups in total. The molecule has 372 valence electrons. The summed E-state index contributed by atoms with van der Waals surface area (Å²) in [4.78, 5) is 85.9. The number of hydrogen-bond donors (Lipinski definition) is 3. The van der Waals surface area contributed by atoms with Crippen molar-refractivity contribution in [1.82, 2.24) is 35.3 Å². The lowest BCUT2D eigenvalue weighted by Gasteiger charge is -2.38. The number of morpholine rings is 1. The number of anilines is 3. The smallest absolute Gasteiger partial charge is 0.264 e. The number of hydrogen-bond acceptors (Lipinski definition) is 13. The molecule has 6 heterocycles. The number of rotatable bonds is 20. The average molecular weight is 947 g/mol. The van der Waals surface area contributed by atoms with Gasteiger partial charge < -0.3 is 35.0 Å². The van der Waals surface area contributed by atoms with Crippen molar-refractivity contribution in [1.29, 1.82) is 0 Å². The van der Waals surface area contributed by atoms with Crippen LogP contribution in [0.3, 0.4) is 0 Å². The van der Waals surface area contributed by atoms with Crippen LogP contribution in [0.5, 0.6) is 0 Å². The summed E-state index contributed by atoms with van der Waals surface area (Å²) in [6.45, 7) is 19.8. The molecular formula is C53H74N10O6. The Hall–Kier alpha value is -5.45. The predicted octanol–water partition coefficient (Wildman–Crippen LogP) is 6.08. The van der Waals surface area contributed by atoms with E-state index in [4.69, 9.17) is 14.7 Å². The molecule has 3 aromatic rings. The number of nitrogens with zero attached hydrogens (tertiary/aromatic N) is 7. The summed E-state index contributed by atoms with van der Waals surface area (Å²) in [6, 6.07) is 14.1. The molecule has 0 spiro atoms. The van der Waals surface area contributed by atoms with Crippen LogP contribution in [0.25, 0.3) is 0 Å². The van der Waals surface area contributed by atoms with E-state index < -0.39 is 23.8 Å². The molecule has 5 amide bonds. The van der Waals surface area contributed by atoms with Crippen molar-refractivity contribution in [2.75, 3.05) is 93.8 Å². The first kappa shape index (κ1) is 50.0. The Morgan fingerprint density at radius 3 is 2.32 bits per heavy atom. The fraction of sp³-hybridized carbons (Fsp3) is 0.604. The van der Waals surface area contributed by atoms with Crippen LogP contribution >= 0.6 is 0 Å². The second-order valence-corrected chi connectivity index (χ2v) is 20.0. The highest BCUT2D eigenvalue weighted by atomic mass is 16.5. The lowest BCUT2D eigenvalue weighted by Crippen LogP contribution is -2.54. The van der Waals surface area contributed by atoms with Gasteiger partial charge >= 0.3 is 0 Å². The van der Waals surface area contributed by atoms with Crippen molar-refractivity contribution in [2.45, 2.75) is 116 Å². The molecule has 4 saturated heterocycles. The number of piperidine rings is 3. The molecule has 3 unspecified atom stereocenters. The van der Waals surface area contributed by atoms with Gasteiger partial charge in [-0.15, -0.1) is 0 Å². The molecule has 5 aliphatic rings. The van der Waals surface area contributed by atoms with Gasteiger partial charge in [-0.05, 0) is 127 Å². The minimum Gasteiger partial charge on any atom is -0.382 e. The van der Waals surface area contributed by atoms with Gasteiger partial charge in [0.25, 0.3) is 17.7 Å². The maximum atomic E-state index is 13.6. The van der Waals surface area contributed by atoms with Gasteiger partial charge in [-0.25, -0.2) is 9.97 Å². The van der Waals surface area contributed by atoms with Crippen LogP contribution in [0.4, 0.5) is 17.2 Å². The number of amides is 5. The van der Waals surface area contributed by atoms with E-state index in [0.717, 1.165) is 119 Å². The highest BCUT2D eigenvalue weighted by molar-refractivity contribution is 6.25. The summed E-state index contributed by atoms with van der Waals surface area (Å²) in [5.74, 6) is 0.882. The van der Waals surface area contributed by atoms with Gasteiger partial charge in [0, 0.05) is 87.7 Å². The number of nitrogens with one attached hydrogen (secondary N) is 3. The molecule has 0 aliphatic carbocycles. The largest absolute Gasteiger partial charge is 0.382 e. The number of aromatic nitrogens is 2. The Morgan fingerprint density at radius 1 is 0.870 bits per heavy atom. The standard InChI is InChI=1S/C53H74N10O6/c1-5-7-10-36(3)34-61(6-2)47-33-44(37(4)54-50(65)39-14-16-41(17-15-39)62-29-31-69-32-30-62)56-46(57-47)13-9-24-59-25-20-38(21-26-59)35-60-27-22-40(23-28-60)55-43-12-8-11-42-49(43)53(68)63(52(42)67)45-18-19-48(64)58-51(45)66/h8,11-12,14-17,33,36-38,40,45,55H,5-7,9-10,13,18-32,34-35H2,1-4H3,(H,54,65)(H,58,64,66). The van der Waals surface area contributed by atoms with E-state index in [0.29, 0.717) is 47.4 Å². The predicted molar refractivity (Wildman–Crippen MR) is 268 cm³/mol. The fourth-order valence-electron chi connectivity index (χ4n) is 10.7. The number of unbranched alkanes of at least 4 members (excludes halogenated alkanes) is 1. The fourth-order valence-corrected chi connectivity index (χ4v) is 10.7. The molecule has 0 bridgehead atoms. The summed E-state index contributed by atoms with van der Waals surface area (Å²) < 4.78 is 5.51. The van der Waals surface area contributed by atoms with Crippen LogP contribution < -0.4 is 25.8 Å². The Balaban J connectivity index is 0.806. The summed E-state index contributed by atoms with van der Waals surface area (Å²) in [6.07, 6.45) is 9.73. The Bertz CT molecular complexity index is 2270. The topological polar surface area (TPSA) is 173 Å². The first-order chi connectivity index (χ1) is 33.5.